The van der Waals surface area contributed by atoms with Gasteiger partial charge >= 0.3 is 5.97 Å². The molecular formula is C6H10N2O2. The highest BCUT2D eigenvalue weighted by molar-refractivity contribution is 5.92. The fraction of sp³-hybridized carbons (Fsp3) is 0.333. The summed E-state index contributed by atoms with van der Waals surface area (Å²) in [6.07, 6.45) is 2.26. The molecule has 0 aromatic carbocycles. The van der Waals surface area contributed by atoms with Crippen molar-refractivity contribution in [2.45, 2.75) is 6.04 Å². The van der Waals surface area contributed by atoms with Crippen molar-refractivity contribution in [3.8, 4) is 0 Å². The summed E-state index contributed by atoms with van der Waals surface area (Å²) in [5.74, 6) is -0.602. The molecule has 4 nitrogen and oxygen atoms in total. The molecular weight excluding hydrogens is 132 g/mol. The van der Waals surface area contributed by atoms with Crippen LogP contribution in [-0.2, 0) is 9.53 Å². The lowest BCUT2D eigenvalue weighted by atomic mass is 10.3. The van der Waals surface area contributed by atoms with E-state index in [2.05, 4.69) is 11.3 Å². The standard InChI is InChI=1S/C6H10N2O2/c1-2-3-10-6(9)5(8)4-7/h2,4-5,7H,1,3,8H2. The van der Waals surface area contributed by atoms with Crippen LogP contribution in [0.25, 0.3) is 0 Å². The number of carbonyl (C=O) groups is 1. The van der Waals surface area contributed by atoms with E-state index in [4.69, 9.17) is 11.1 Å². The highest BCUT2D eigenvalue weighted by Crippen LogP contribution is 1.81. The van der Waals surface area contributed by atoms with Gasteiger partial charge in [0.15, 0.2) is 0 Å². The highest BCUT2D eigenvalue weighted by Gasteiger charge is 2.09. The van der Waals surface area contributed by atoms with Crippen molar-refractivity contribution in [2.75, 3.05) is 6.61 Å². The fourth-order valence-corrected chi connectivity index (χ4v) is 0.305. The Kier molecular flexibility index (Phi) is 4.15. The van der Waals surface area contributed by atoms with Gasteiger partial charge in [0.2, 0.25) is 0 Å². The van der Waals surface area contributed by atoms with Gasteiger partial charge < -0.3 is 15.9 Å². The Morgan fingerprint density at radius 2 is 2.50 bits per heavy atom. The summed E-state index contributed by atoms with van der Waals surface area (Å²) in [5, 5.41) is 6.60. The highest BCUT2D eigenvalue weighted by atomic mass is 16.5. The molecule has 0 saturated heterocycles. The predicted molar refractivity (Wildman–Crippen MR) is 37.9 cm³/mol. The Morgan fingerprint density at radius 3 is 2.90 bits per heavy atom. The lowest BCUT2D eigenvalue weighted by molar-refractivity contribution is -0.142. The monoisotopic (exact) mass is 142 g/mol. The first-order valence-electron chi connectivity index (χ1n) is 2.76. The fourth-order valence-electron chi connectivity index (χ4n) is 0.305. The lowest BCUT2D eigenvalue weighted by Gasteiger charge is -2.03. The summed E-state index contributed by atoms with van der Waals surface area (Å²) in [6, 6.07) is -0.944. The third kappa shape index (κ3) is 2.99. The average molecular weight is 142 g/mol. The number of carbonyl (C=O) groups excluding carboxylic acids is 1. The number of nitrogens with one attached hydrogen (secondary N) is 1. The van der Waals surface area contributed by atoms with E-state index in [9.17, 15) is 4.79 Å². The number of hydrogen-bond acceptors (Lipinski definition) is 4. The summed E-state index contributed by atoms with van der Waals surface area (Å²) >= 11 is 0. The third-order valence-corrected chi connectivity index (χ3v) is 0.795. The smallest absolute Gasteiger partial charge is 0.328 e. The van der Waals surface area contributed by atoms with Crippen LogP contribution in [0.5, 0.6) is 0 Å². The third-order valence-electron chi connectivity index (χ3n) is 0.795. The van der Waals surface area contributed by atoms with Crippen molar-refractivity contribution in [3.63, 3.8) is 0 Å². The molecule has 10 heavy (non-hydrogen) atoms. The van der Waals surface area contributed by atoms with E-state index in [1.807, 2.05) is 0 Å². The summed E-state index contributed by atoms with van der Waals surface area (Å²) < 4.78 is 4.51. The van der Waals surface area contributed by atoms with Crippen LogP contribution >= 0.6 is 0 Å². The van der Waals surface area contributed by atoms with Crippen molar-refractivity contribution in [1.29, 1.82) is 5.41 Å². The van der Waals surface area contributed by atoms with Crippen LogP contribution in [0.15, 0.2) is 12.7 Å². The number of rotatable bonds is 4. The first-order chi connectivity index (χ1) is 4.72. The van der Waals surface area contributed by atoms with Crippen LogP contribution in [0.3, 0.4) is 0 Å². The number of hydrogen-bond donors (Lipinski definition) is 2. The maximum atomic E-state index is 10.6. The maximum Gasteiger partial charge on any atom is 0.328 e. The largest absolute Gasteiger partial charge is 0.460 e. The minimum absolute atomic E-state index is 0.139. The normalized spacial score (nSPS) is 11.7. The van der Waals surface area contributed by atoms with Crippen LogP contribution in [0.2, 0.25) is 0 Å². The molecule has 1 atom stereocenters. The van der Waals surface area contributed by atoms with Crippen molar-refractivity contribution >= 4 is 12.2 Å². The topological polar surface area (TPSA) is 76.2 Å². The second kappa shape index (κ2) is 4.69. The van der Waals surface area contributed by atoms with Crippen LogP contribution in [0.1, 0.15) is 0 Å². The van der Waals surface area contributed by atoms with Gasteiger partial charge in [-0.2, -0.15) is 0 Å². The molecule has 0 aromatic heterocycles. The molecule has 0 aliphatic heterocycles. The molecule has 0 spiro atoms. The van der Waals surface area contributed by atoms with Crippen molar-refractivity contribution in [2.24, 2.45) is 5.73 Å². The van der Waals surface area contributed by atoms with Gasteiger partial charge in [0, 0.05) is 6.21 Å². The average Bonchev–Trinajstić information content (AvgIpc) is 1.98. The molecule has 4 heteroatoms. The molecule has 0 saturated carbocycles. The van der Waals surface area contributed by atoms with Gasteiger partial charge in [-0.3, -0.25) is 0 Å². The predicted octanol–water partition coefficient (Wildman–Crippen LogP) is -0.308. The van der Waals surface area contributed by atoms with E-state index in [-0.39, 0.29) is 6.61 Å². The van der Waals surface area contributed by atoms with Crippen molar-refractivity contribution < 1.29 is 9.53 Å². The van der Waals surface area contributed by atoms with Crippen LogP contribution < -0.4 is 5.73 Å². The molecule has 0 aliphatic rings. The Bertz CT molecular complexity index is 145. The van der Waals surface area contributed by atoms with Crippen LogP contribution in [0.4, 0.5) is 0 Å². The SMILES string of the molecule is C=CCOC(=O)C(N)C=N. The van der Waals surface area contributed by atoms with Gasteiger partial charge in [-0.25, -0.2) is 4.79 Å². The molecule has 3 N–H and O–H groups in total. The Labute approximate surface area is 59.2 Å². The second-order valence-electron chi connectivity index (χ2n) is 1.61. The van der Waals surface area contributed by atoms with Gasteiger partial charge in [0.05, 0.1) is 0 Å². The van der Waals surface area contributed by atoms with E-state index in [1.165, 1.54) is 6.08 Å². The summed E-state index contributed by atoms with van der Waals surface area (Å²) in [7, 11) is 0. The van der Waals surface area contributed by atoms with Gasteiger partial charge in [-0.15, -0.1) is 0 Å². The Morgan fingerprint density at radius 1 is 1.90 bits per heavy atom. The summed E-state index contributed by atoms with van der Waals surface area (Å²) in [6.45, 7) is 3.48. The molecule has 0 radical (unpaired) electrons. The number of esters is 1. The number of nitrogens with two attached hydrogens (primary N) is 1. The Hall–Kier alpha value is -1.16. The van der Waals surface area contributed by atoms with E-state index < -0.39 is 12.0 Å². The minimum atomic E-state index is -0.944. The summed E-state index contributed by atoms with van der Waals surface area (Å²) in [4.78, 5) is 10.6. The molecule has 0 amide bonds. The molecule has 0 fully saturated rings. The Balaban J connectivity index is 3.61. The molecule has 56 valence electrons. The van der Waals surface area contributed by atoms with E-state index in [1.54, 1.807) is 0 Å². The van der Waals surface area contributed by atoms with E-state index in [0.29, 0.717) is 0 Å². The molecule has 0 bridgehead atoms. The minimum Gasteiger partial charge on any atom is -0.460 e. The van der Waals surface area contributed by atoms with Gasteiger partial charge in [0.25, 0.3) is 0 Å². The first kappa shape index (κ1) is 8.84. The van der Waals surface area contributed by atoms with Crippen molar-refractivity contribution in [1.82, 2.24) is 0 Å². The molecule has 0 heterocycles. The van der Waals surface area contributed by atoms with Crippen LogP contribution in [0, 0.1) is 5.41 Å². The maximum absolute atomic E-state index is 10.6. The molecule has 0 aliphatic carbocycles. The zero-order valence-electron chi connectivity index (χ0n) is 5.54. The summed E-state index contributed by atoms with van der Waals surface area (Å²) in [5.41, 5.74) is 5.11. The number of ether oxygens (including phenoxy) is 1. The van der Waals surface area contributed by atoms with E-state index >= 15 is 0 Å². The van der Waals surface area contributed by atoms with Crippen LogP contribution in [-0.4, -0.2) is 24.8 Å². The van der Waals surface area contributed by atoms with E-state index in [0.717, 1.165) is 6.21 Å². The first-order valence-corrected chi connectivity index (χ1v) is 2.76. The zero-order valence-corrected chi connectivity index (χ0v) is 5.54. The zero-order chi connectivity index (χ0) is 7.98. The van der Waals surface area contributed by atoms with Gasteiger partial charge in [-0.05, 0) is 0 Å². The molecule has 0 aromatic rings. The second-order valence-corrected chi connectivity index (χ2v) is 1.61. The quantitative estimate of drug-likeness (QED) is 0.321. The van der Waals surface area contributed by atoms with Gasteiger partial charge in [0.1, 0.15) is 12.6 Å². The van der Waals surface area contributed by atoms with Gasteiger partial charge in [-0.1, -0.05) is 12.7 Å². The molecule has 0 rings (SSSR count). The molecule has 1 unspecified atom stereocenters. The lowest BCUT2D eigenvalue weighted by Crippen LogP contribution is -2.33. The van der Waals surface area contributed by atoms with Crippen molar-refractivity contribution in [3.05, 3.63) is 12.7 Å².